The van der Waals surface area contributed by atoms with E-state index in [1.165, 1.54) is 0 Å². The van der Waals surface area contributed by atoms with E-state index in [9.17, 15) is 13.9 Å². The summed E-state index contributed by atoms with van der Waals surface area (Å²) in [6.45, 7) is 2.87. The fraction of sp³-hybridized carbons (Fsp3) is 0.769. The summed E-state index contributed by atoms with van der Waals surface area (Å²) < 4.78 is 27.9. The average Bonchev–Trinajstić information content (AvgIpc) is 2.77. The Labute approximate surface area is 106 Å². The number of hydrogen-bond acceptors (Lipinski definition) is 2. The van der Waals surface area contributed by atoms with E-state index in [0.717, 1.165) is 18.5 Å². The van der Waals surface area contributed by atoms with Crippen LogP contribution in [0.2, 0.25) is 0 Å². The second-order valence-corrected chi connectivity index (χ2v) is 5.17. The number of nitrogens with zero attached hydrogens (tertiary/aromatic N) is 2. The average molecular weight is 258 g/mol. The maximum Gasteiger partial charge on any atom is 0.248 e. The van der Waals surface area contributed by atoms with Crippen molar-refractivity contribution in [1.29, 1.82) is 0 Å². The van der Waals surface area contributed by atoms with Gasteiger partial charge in [0.2, 0.25) is 5.92 Å². The third kappa shape index (κ3) is 3.07. The zero-order valence-corrected chi connectivity index (χ0v) is 10.6. The van der Waals surface area contributed by atoms with Crippen LogP contribution in [0.4, 0.5) is 8.78 Å². The van der Waals surface area contributed by atoms with Crippen LogP contribution in [0.1, 0.15) is 50.7 Å². The van der Waals surface area contributed by atoms with Crippen LogP contribution in [0.3, 0.4) is 0 Å². The molecule has 1 aliphatic carbocycles. The number of alkyl halides is 2. The highest BCUT2D eigenvalue weighted by atomic mass is 19.3. The predicted molar refractivity (Wildman–Crippen MR) is 64.4 cm³/mol. The summed E-state index contributed by atoms with van der Waals surface area (Å²) in [4.78, 5) is 0. The molecule has 5 heteroatoms. The third-order valence-corrected chi connectivity index (χ3v) is 3.66. The number of aliphatic hydroxyl groups excluding tert-OH is 1. The highest BCUT2D eigenvalue weighted by Crippen LogP contribution is 2.41. The van der Waals surface area contributed by atoms with Crippen molar-refractivity contribution < 1.29 is 13.9 Å². The first kappa shape index (κ1) is 13.5. The molecule has 2 rings (SSSR count). The van der Waals surface area contributed by atoms with Gasteiger partial charge in [-0.3, -0.25) is 4.68 Å². The molecule has 3 nitrogen and oxygen atoms in total. The first-order valence-corrected chi connectivity index (χ1v) is 6.60. The van der Waals surface area contributed by atoms with Gasteiger partial charge in [0.25, 0.3) is 0 Å². The maximum absolute atomic E-state index is 13.1. The van der Waals surface area contributed by atoms with Crippen molar-refractivity contribution >= 4 is 0 Å². The van der Waals surface area contributed by atoms with Crippen LogP contribution in [-0.4, -0.2) is 20.8 Å². The minimum atomic E-state index is -2.54. The molecule has 0 aromatic carbocycles. The number of halogens is 2. The third-order valence-electron chi connectivity index (χ3n) is 3.66. The topological polar surface area (TPSA) is 38.0 Å². The van der Waals surface area contributed by atoms with Crippen molar-refractivity contribution in [1.82, 2.24) is 9.78 Å². The molecule has 1 saturated carbocycles. The number of rotatable bonds is 4. The smallest absolute Gasteiger partial charge is 0.248 e. The van der Waals surface area contributed by atoms with Crippen LogP contribution in [0, 0.1) is 5.92 Å². The molecule has 1 aromatic heterocycles. The van der Waals surface area contributed by atoms with E-state index < -0.39 is 12.0 Å². The lowest BCUT2D eigenvalue weighted by Gasteiger charge is -2.30. The van der Waals surface area contributed by atoms with Crippen molar-refractivity contribution in [3.05, 3.63) is 18.0 Å². The molecule has 0 bridgehead atoms. The first-order valence-electron chi connectivity index (χ1n) is 6.60. The minimum absolute atomic E-state index is 0.0658. The molecule has 1 heterocycles. The molecule has 0 spiro atoms. The van der Waals surface area contributed by atoms with Gasteiger partial charge in [0.15, 0.2) is 0 Å². The second-order valence-electron chi connectivity index (χ2n) is 5.17. The van der Waals surface area contributed by atoms with Gasteiger partial charge in [-0.1, -0.05) is 6.92 Å². The Balaban J connectivity index is 1.96. The van der Waals surface area contributed by atoms with Gasteiger partial charge < -0.3 is 5.11 Å². The molecule has 0 saturated heterocycles. The van der Waals surface area contributed by atoms with Gasteiger partial charge >= 0.3 is 0 Å². The Bertz CT molecular complexity index is 382. The van der Waals surface area contributed by atoms with Crippen molar-refractivity contribution in [3.63, 3.8) is 0 Å². The minimum Gasteiger partial charge on any atom is -0.388 e. The van der Waals surface area contributed by atoms with Gasteiger partial charge in [-0.25, -0.2) is 8.78 Å². The molecule has 1 unspecified atom stereocenters. The number of aryl methyl sites for hydroxylation is 1. The van der Waals surface area contributed by atoms with Gasteiger partial charge in [-0.2, -0.15) is 5.10 Å². The Morgan fingerprint density at radius 1 is 1.50 bits per heavy atom. The lowest BCUT2D eigenvalue weighted by molar-refractivity contribution is -0.0627. The molecule has 1 fully saturated rings. The molecule has 18 heavy (non-hydrogen) atoms. The summed E-state index contributed by atoms with van der Waals surface area (Å²) >= 11 is 0. The van der Waals surface area contributed by atoms with Crippen molar-refractivity contribution in [3.8, 4) is 0 Å². The van der Waals surface area contributed by atoms with Crippen molar-refractivity contribution in [2.24, 2.45) is 5.92 Å². The van der Waals surface area contributed by atoms with Crippen LogP contribution < -0.4 is 0 Å². The molecule has 102 valence electrons. The molecule has 1 N–H and O–H groups in total. The molecular formula is C13H20F2N2O. The van der Waals surface area contributed by atoms with E-state index in [-0.39, 0.29) is 18.8 Å². The van der Waals surface area contributed by atoms with Gasteiger partial charge in [-0.15, -0.1) is 0 Å². The summed E-state index contributed by atoms with van der Waals surface area (Å²) in [5.74, 6) is -2.60. The van der Waals surface area contributed by atoms with Crippen LogP contribution in [0.15, 0.2) is 12.4 Å². The van der Waals surface area contributed by atoms with E-state index in [1.54, 1.807) is 10.9 Å². The van der Waals surface area contributed by atoms with Crippen molar-refractivity contribution in [2.45, 2.75) is 57.6 Å². The molecule has 1 atom stereocenters. The summed E-state index contributed by atoms with van der Waals surface area (Å²) in [5.41, 5.74) is 0.749. The Hall–Kier alpha value is -0.970. The van der Waals surface area contributed by atoms with Crippen molar-refractivity contribution in [2.75, 3.05) is 0 Å². The van der Waals surface area contributed by atoms with Gasteiger partial charge in [0.05, 0.1) is 12.3 Å². The molecule has 0 aliphatic heterocycles. The molecule has 0 amide bonds. The summed E-state index contributed by atoms with van der Waals surface area (Å²) in [6.07, 6.45) is 4.32. The maximum atomic E-state index is 13.1. The normalized spacial score (nSPS) is 22.0. The standard InChI is InChI=1S/C13H20F2N2O/c1-2-7-17-9-11(8-16-17)12(18)10-3-5-13(14,15)6-4-10/h8-10,12,18H,2-7H2,1H3. The highest BCUT2D eigenvalue weighted by Gasteiger charge is 2.37. The zero-order valence-electron chi connectivity index (χ0n) is 10.6. The molecule has 1 aliphatic rings. The summed E-state index contributed by atoms with van der Waals surface area (Å²) in [7, 11) is 0. The Kier molecular flexibility index (Phi) is 4.00. The summed E-state index contributed by atoms with van der Waals surface area (Å²) in [6, 6.07) is 0. The van der Waals surface area contributed by atoms with Crippen LogP contribution >= 0.6 is 0 Å². The number of aliphatic hydroxyl groups is 1. The number of hydrogen-bond donors (Lipinski definition) is 1. The van der Waals surface area contributed by atoms with Crippen LogP contribution in [-0.2, 0) is 6.54 Å². The summed E-state index contributed by atoms with van der Waals surface area (Å²) in [5, 5.41) is 14.4. The second kappa shape index (κ2) is 5.34. The number of aromatic nitrogens is 2. The van der Waals surface area contributed by atoms with Gasteiger partial charge in [0.1, 0.15) is 0 Å². The van der Waals surface area contributed by atoms with E-state index in [0.29, 0.717) is 12.8 Å². The largest absolute Gasteiger partial charge is 0.388 e. The Morgan fingerprint density at radius 3 is 2.78 bits per heavy atom. The zero-order chi connectivity index (χ0) is 13.2. The fourth-order valence-electron chi connectivity index (χ4n) is 2.53. The lowest BCUT2D eigenvalue weighted by atomic mass is 9.82. The lowest BCUT2D eigenvalue weighted by Crippen LogP contribution is -2.27. The van der Waals surface area contributed by atoms with Gasteiger partial charge in [-0.05, 0) is 25.2 Å². The first-order chi connectivity index (χ1) is 8.52. The Morgan fingerprint density at radius 2 is 2.17 bits per heavy atom. The molecule has 0 radical (unpaired) electrons. The van der Waals surface area contributed by atoms with E-state index in [4.69, 9.17) is 0 Å². The highest BCUT2D eigenvalue weighted by molar-refractivity contribution is 5.09. The van der Waals surface area contributed by atoms with E-state index >= 15 is 0 Å². The van der Waals surface area contributed by atoms with Crippen LogP contribution in [0.25, 0.3) is 0 Å². The van der Waals surface area contributed by atoms with Gasteiger partial charge in [0, 0.05) is 31.1 Å². The van der Waals surface area contributed by atoms with E-state index in [2.05, 4.69) is 12.0 Å². The quantitative estimate of drug-likeness (QED) is 0.901. The predicted octanol–water partition coefficient (Wildman–Crippen LogP) is 3.15. The van der Waals surface area contributed by atoms with E-state index in [1.807, 2.05) is 6.20 Å². The molecule has 1 aromatic rings. The molecular weight excluding hydrogens is 238 g/mol. The SMILES string of the molecule is CCCn1cc(C(O)C2CCC(F)(F)CC2)cn1. The fourth-order valence-corrected chi connectivity index (χ4v) is 2.53. The monoisotopic (exact) mass is 258 g/mol. The van der Waals surface area contributed by atoms with Crippen LogP contribution in [0.5, 0.6) is 0 Å².